The Kier molecular flexibility index (Phi) is 6.29. The van der Waals surface area contributed by atoms with Crippen LogP contribution in [0.3, 0.4) is 0 Å². The Hall–Kier alpha value is -3.13. The second-order valence-corrected chi connectivity index (χ2v) is 10.7. The van der Waals surface area contributed by atoms with E-state index in [0.29, 0.717) is 22.7 Å². The molecular weight excluding hydrogens is 455 g/mol. The first-order valence-corrected chi connectivity index (χ1v) is 11.9. The topological polar surface area (TPSA) is 78.4 Å². The number of ether oxygens (including phenoxy) is 2. The van der Waals surface area contributed by atoms with Gasteiger partial charge < -0.3 is 9.47 Å². The number of aromatic nitrogens is 2. The van der Waals surface area contributed by atoms with Crippen LogP contribution in [0.15, 0.2) is 42.6 Å². The Morgan fingerprint density at radius 3 is 2.38 bits per heavy atom. The van der Waals surface area contributed by atoms with Crippen LogP contribution in [0.1, 0.15) is 73.2 Å². The maximum Gasteiger partial charge on any atom is 0.341 e. The molecule has 1 aliphatic carbocycles. The van der Waals surface area contributed by atoms with E-state index in [4.69, 9.17) is 9.47 Å². The normalized spacial score (nSPS) is 14.1. The first-order valence-electron chi connectivity index (χ1n) is 11.1. The Balaban J connectivity index is 1.48. The molecule has 0 aliphatic heterocycles. The SMILES string of the molecule is CC(C)(C)OC(=O)c1ccc(-c2cc(C(C)(C)Oc3ccc(C(=O)C4CC4)nc3)sn2)cc1F. The number of hydrogen-bond donors (Lipinski definition) is 0. The summed E-state index contributed by atoms with van der Waals surface area (Å²) in [5, 5.41) is 0. The second-order valence-electron chi connectivity index (χ2n) is 9.90. The van der Waals surface area contributed by atoms with Gasteiger partial charge in [-0.2, -0.15) is 4.37 Å². The molecule has 0 spiro atoms. The third-order valence-electron chi connectivity index (χ3n) is 5.30. The number of carbonyl (C=O) groups excluding carboxylic acids is 2. The highest BCUT2D eigenvalue weighted by Gasteiger charge is 2.31. The van der Waals surface area contributed by atoms with Gasteiger partial charge in [-0.3, -0.25) is 4.79 Å². The van der Waals surface area contributed by atoms with Gasteiger partial charge in [0.25, 0.3) is 0 Å². The maximum absolute atomic E-state index is 14.7. The summed E-state index contributed by atoms with van der Waals surface area (Å²) < 4.78 is 30.5. The van der Waals surface area contributed by atoms with Crippen molar-refractivity contribution in [2.24, 2.45) is 5.92 Å². The van der Waals surface area contributed by atoms with E-state index in [1.807, 2.05) is 19.9 Å². The molecule has 1 aromatic carbocycles. The van der Waals surface area contributed by atoms with Gasteiger partial charge in [-0.1, -0.05) is 6.07 Å². The molecule has 0 N–H and O–H groups in total. The van der Waals surface area contributed by atoms with Crippen LogP contribution in [-0.2, 0) is 10.3 Å². The molecule has 2 heterocycles. The number of hydrogen-bond acceptors (Lipinski definition) is 7. The van der Waals surface area contributed by atoms with E-state index in [2.05, 4.69) is 9.36 Å². The quantitative estimate of drug-likeness (QED) is 0.294. The van der Waals surface area contributed by atoms with E-state index in [-0.39, 0.29) is 17.3 Å². The Bertz CT molecular complexity index is 1220. The van der Waals surface area contributed by atoms with Gasteiger partial charge in [-0.05, 0) is 89.3 Å². The molecule has 4 rings (SSSR count). The minimum Gasteiger partial charge on any atom is -0.481 e. The van der Waals surface area contributed by atoms with Crippen molar-refractivity contribution in [3.8, 4) is 17.0 Å². The first-order chi connectivity index (χ1) is 15.9. The third-order valence-corrected chi connectivity index (χ3v) is 6.39. The molecule has 0 bridgehead atoms. The lowest BCUT2D eigenvalue weighted by Gasteiger charge is -2.24. The van der Waals surface area contributed by atoms with Crippen molar-refractivity contribution >= 4 is 23.3 Å². The standard InChI is InChI=1S/C26H27FN2O4S/c1-25(2,3)33-24(31)18-10-8-16(12-19(18)27)21-13-22(34-29-21)26(4,5)32-17-9-11-20(28-14-17)23(30)15-6-7-15/h8-15H,6-7H2,1-5H3. The summed E-state index contributed by atoms with van der Waals surface area (Å²) in [4.78, 5) is 29.4. The molecular formula is C26H27FN2O4S. The molecule has 0 saturated heterocycles. The molecule has 34 heavy (non-hydrogen) atoms. The van der Waals surface area contributed by atoms with Crippen LogP contribution < -0.4 is 4.74 Å². The number of nitrogens with zero attached hydrogens (tertiary/aromatic N) is 2. The van der Waals surface area contributed by atoms with Crippen LogP contribution in [0.2, 0.25) is 0 Å². The zero-order valence-electron chi connectivity index (χ0n) is 19.8. The van der Waals surface area contributed by atoms with E-state index >= 15 is 0 Å². The lowest BCUT2D eigenvalue weighted by Crippen LogP contribution is -2.24. The van der Waals surface area contributed by atoms with Gasteiger partial charge in [-0.15, -0.1) is 0 Å². The maximum atomic E-state index is 14.7. The zero-order chi connectivity index (χ0) is 24.7. The van der Waals surface area contributed by atoms with Crippen LogP contribution in [0, 0.1) is 11.7 Å². The van der Waals surface area contributed by atoms with Crippen molar-refractivity contribution in [2.75, 3.05) is 0 Å². The predicted octanol–water partition coefficient (Wildman–Crippen LogP) is 6.21. The summed E-state index contributed by atoms with van der Waals surface area (Å²) in [6.45, 7) is 9.00. The number of pyridine rings is 1. The van der Waals surface area contributed by atoms with Crippen LogP contribution in [0.4, 0.5) is 4.39 Å². The fourth-order valence-corrected chi connectivity index (χ4v) is 4.13. The first kappa shape index (κ1) is 24.0. The summed E-state index contributed by atoms with van der Waals surface area (Å²) in [7, 11) is 0. The smallest absolute Gasteiger partial charge is 0.341 e. The summed E-state index contributed by atoms with van der Waals surface area (Å²) in [6.07, 6.45) is 3.43. The van der Waals surface area contributed by atoms with Gasteiger partial charge in [-0.25, -0.2) is 14.2 Å². The Labute approximate surface area is 202 Å². The van der Waals surface area contributed by atoms with Crippen molar-refractivity contribution in [2.45, 2.75) is 58.7 Å². The predicted molar refractivity (Wildman–Crippen MR) is 128 cm³/mol. The largest absolute Gasteiger partial charge is 0.481 e. The third kappa shape index (κ3) is 5.50. The number of Topliss-reactive ketones (excluding diaryl/α,β-unsaturated/α-hetero) is 1. The van der Waals surface area contributed by atoms with E-state index in [0.717, 1.165) is 17.7 Å². The van der Waals surface area contributed by atoms with Gasteiger partial charge >= 0.3 is 5.97 Å². The molecule has 1 saturated carbocycles. The molecule has 1 aliphatic rings. The number of ketones is 1. The molecule has 0 atom stereocenters. The Morgan fingerprint density at radius 1 is 1.06 bits per heavy atom. The molecule has 0 radical (unpaired) electrons. The monoisotopic (exact) mass is 482 g/mol. The molecule has 8 heteroatoms. The van der Waals surface area contributed by atoms with Crippen molar-refractivity contribution < 1.29 is 23.5 Å². The van der Waals surface area contributed by atoms with Gasteiger partial charge in [0.2, 0.25) is 0 Å². The van der Waals surface area contributed by atoms with Gasteiger partial charge in [0.1, 0.15) is 28.5 Å². The molecule has 6 nitrogen and oxygen atoms in total. The van der Waals surface area contributed by atoms with Crippen molar-refractivity contribution in [1.29, 1.82) is 0 Å². The van der Waals surface area contributed by atoms with E-state index < -0.39 is 23.0 Å². The number of benzene rings is 1. The fraction of sp³-hybridized carbons (Fsp3) is 0.385. The summed E-state index contributed by atoms with van der Waals surface area (Å²) in [6, 6.07) is 9.62. The number of esters is 1. The zero-order valence-corrected chi connectivity index (χ0v) is 20.7. The van der Waals surface area contributed by atoms with Crippen molar-refractivity contribution in [3.63, 3.8) is 0 Å². The van der Waals surface area contributed by atoms with Crippen molar-refractivity contribution in [3.05, 3.63) is 64.5 Å². The molecule has 2 aromatic heterocycles. The minimum atomic E-state index is -0.728. The Morgan fingerprint density at radius 2 is 1.79 bits per heavy atom. The molecule has 3 aromatic rings. The van der Waals surface area contributed by atoms with Crippen LogP contribution in [0.25, 0.3) is 11.3 Å². The number of halogens is 1. The summed E-state index contributed by atoms with van der Waals surface area (Å²) in [5.41, 5.74) is 0.0375. The number of carbonyl (C=O) groups is 2. The molecule has 178 valence electrons. The molecule has 0 amide bonds. The lowest BCUT2D eigenvalue weighted by atomic mass is 10.0. The highest BCUT2D eigenvalue weighted by atomic mass is 32.1. The summed E-state index contributed by atoms with van der Waals surface area (Å²) >= 11 is 1.25. The van der Waals surface area contributed by atoms with Gasteiger partial charge in [0, 0.05) is 11.5 Å². The lowest BCUT2D eigenvalue weighted by molar-refractivity contribution is 0.00646. The van der Waals surface area contributed by atoms with Crippen LogP contribution in [0.5, 0.6) is 5.75 Å². The number of rotatable bonds is 7. The highest BCUT2D eigenvalue weighted by molar-refractivity contribution is 7.06. The average molecular weight is 483 g/mol. The van der Waals surface area contributed by atoms with Crippen LogP contribution >= 0.6 is 11.5 Å². The van der Waals surface area contributed by atoms with E-state index in [1.54, 1.807) is 45.2 Å². The van der Waals surface area contributed by atoms with E-state index in [9.17, 15) is 14.0 Å². The van der Waals surface area contributed by atoms with Crippen LogP contribution in [-0.4, -0.2) is 26.7 Å². The molecule has 1 fully saturated rings. The van der Waals surface area contributed by atoms with Gasteiger partial charge in [0.15, 0.2) is 5.78 Å². The second kappa shape index (κ2) is 8.91. The van der Waals surface area contributed by atoms with Crippen molar-refractivity contribution in [1.82, 2.24) is 9.36 Å². The van der Waals surface area contributed by atoms with Gasteiger partial charge in [0.05, 0.1) is 22.3 Å². The molecule has 0 unspecified atom stereocenters. The minimum absolute atomic E-state index is 0.0860. The average Bonchev–Trinajstić information content (AvgIpc) is 3.47. The van der Waals surface area contributed by atoms with E-state index in [1.165, 1.54) is 23.7 Å². The highest BCUT2D eigenvalue weighted by Crippen LogP contribution is 2.35. The fourth-order valence-electron chi connectivity index (χ4n) is 3.35. The summed E-state index contributed by atoms with van der Waals surface area (Å²) in [5.74, 6) is -0.621.